The normalized spacial score (nSPS) is 16.7. The van der Waals surface area contributed by atoms with Gasteiger partial charge >= 0.3 is 0 Å². The molecule has 0 aromatic heterocycles. The fourth-order valence-corrected chi connectivity index (χ4v) is 2.50. The highest BCUT2D eigenvalue weighted by Gasteiger charge is 2.26. The molecule has 0 spiro atoms. The maximum absolute atomic E-state index is 6.24. The van der Waals surface area contributed by atoms with E-state index in [-0.39, 0.29) is 6.04 Å². The Morgan fingerprint density at radius 2 is 1.94 bits per heavy atom. The van der Waals surface area contributed by atoms with E-state index in [0.717, 1.165) is 33.9 Å². The van der Waals surface area contributed by atoms with E-state index in [4.69, 9.17) is 15.2 Å². The summed E-state index contributed by atoms with van der Waals surface area (Å²) in [6.07, 6.45) is 3.65. The van der Waals surface area contributed by atoms with Crippen LogP contribution < -0.4 is 15.2 Å². The van der Waals surface area contributed by atoms with Crippen LogP contribution in [0.15, 0.2) is 16.6 Å². The second-order valence-electron chi connectivity index (χ2n) is 4.51. The molecule has 0 bridgehead atoms. The molecule has 17 heavy (non-hydrogen) atoms. The zero-order valence-corrected chi connectivity index (χ0v) is 11.8. The van der Waals surface area contributed by atoms with Crippen molar-refractivity contribution in [3.05, 3.63) is 22.2 Å². The lowest BCUT2D eigenvalue weighted by Gasteiger charge is -2.17. The maximum atomic E-state index is 6.24. The molecule has 1 aromatic rings. The van der Waals surface area contributed by atoms with Crippen molar-refractivity contribution in [1.29, 1.82) is 0 Å². The van der Waals surface area contributed by atoms with Crippen molar-refractivity contribution < 1.29 is 9.47 Å². The second kappa shape index (κ2) is 5.27. The third-order valence-corrected chi connectivity index (χ3v) is 3.81. The van der Waals surface area contributed by atoms with E-state index < -0.39 is 0 Å². The standard InChI is InChI=1S/C13H18BrNO2/c1-16-12-7-10(14)13(17-2)6-9(12)11(15)5-8-3-4-8/h6-8,11H,3-5,15H2,1-2H3. The molecule has 1 saturated carbocycles. The monoisotopic (exact) mass is 299 g/mol. The van der Waals surface area contributed by atoms with E-state index in [9.17, 15) is 0 Å². The van der Waals surface area contributed by atoms with Crippen molar-refractivity contribution in [3.8, 4) is 11.5 Å². The van der Waals surface area contributed by atoms with Crippen molar-refractivity contribution in [3.63, 3.8) is 0 Å². The Bertz CT molecular complexity index is 405. The van der Waals surface area contributed by atoms with Crippen molar-refractivity contribution in [2.75, 3.05) is 14.2 Å². The molecule has 2 rings (SSSR count). The topological polar surface area (TPSA) is 44.5 Å². The van der Waals surface area contributed by atoms with E-state index >= 15 is 0 Å². The van der Waals surface area contributed by atoms with E-state index in [0.29, 0.717) is 0 Å². The fraction of sp³-hybridized carbons (Fsp3) is 0.538. The van der Waals surface area contributed by atoms with Gasteiger partial charge in [-0.05, 0) is 40.4 Å². The average Bonchev–Trinajstić information content (AvgIpc) is 3.12. The smallest absolute Gasteiger partial charge is 0.133 e. The maximum Gasteiger partial charge on any atom is 0.133 e. The number of halogens is 1. The van der Waals surface area contributed by atoms with Gasteiger partial charge in [0, 0.05) is 11.6 Å². The molecule has 1 unspecified atom stereocenters. The lowest BCUT2D eigenvalue weighted by Crippen LogP contribution is -2.12. The van der Waals surface area contributed by atoms with Gasteiger partial charge < -0.3 is 15.2 Å². The molecule has 0 aliphatic heterocycles. The van der Waals surface area contributed by atoms with Crippen LogP contribution in [0.3, 0.4) is 0 Å². The lowest BCUT2D eigenvalue weighted by molar-refractivity contribution is 0.391. The van der Waals surface area contributed by atoms with Crippen LogP contribution in [0.5, 0.6) is 11.5 Å². The molecule has 4 heteroatoms. The number of nitrogens with two attached hydrogens (primary N) is 1. The highest BCUT2D eigenvalue weighted by molar-refractivity contribution is 9.10. The summed E-state index contributed by atoms with van der Waals surface area (Å²) in [6.45, 7) is 0. The van der Waals surface area contributed by atoms with Crippen molar-refractivity contribution >= 4 is 15.9 Å². The van der Waals surface area contributed by atoms with Crippen LogP contribution >= 0.6 is 15.9 Å². The third-order valence-electron chi connectivity index (χ3n) is 3.19. The highest BCUT2D eigenvalue weighted by Crippen LogP contribution is 2.41. The van der Waals surface area contributed by atoms with Crippen molar-refractivity contribution in [2.24, 2.45) is 11.7 Å². The molecule has 1 aliphatic carbocycles. The number of methoxy groups -OCH3 is 2. The predicted molar refractivity (Wildman–Crippen MR) is 71.5 cm³/mol. The second-order valence-corrected chi connectivity index (χ2v) is 5.37. The quantitative estimate of drug-likeness (QED) is 0.907. The summed E-state index contributed by atoms with van der Waals surface area (Å²) >= 11 is 3.45. The van der Waals surface area contributed by atoms with Gasteiger partial charge in [-0.25, -0.2) is 0 Å². The van der Waals surface area contributed by atoms with Crippen LogP contribution in [0.1, 0.15) is 30.9 Å². The highest BCUT2D eigenvalue weighted by atomic mass is 79.9. The molecule has 3 nitrogen and oxygen atoms in total. The molecule has 0 radical (unpaired) electrons. The molecular formula is C13H18BrNO2. The molecule has 0 heterocycles. The van der Waals surface area contributed by atoms with E-state index in [1.165, 1.54) is 12.8 Å². The van der Waals surface area contributed by atoms with Gasteiger partial charge in [-0.2, -0.15) is 0 Å². The Kier molecular flexibility index (Phi) is 3.94. The van der Waals surface area contributed by atoms with Gasteiger partial charge in [0.25, 0.3) is 0 Å². The van der Waals surface area contributed by atoms with E-state index in [1.807, 2.05) is 12.1 Å². The van der Waals surface area contributed by atoms with Gasteiger partial charge in [-0.15, -0.1) is 0 Å². The molecule has 1 aromatic carbocycles. The van der Waals surface area contributed by atoms with Gasteiger partial charge in [0.2, 0.25) is 0 Å². The summed E-state index contributed by atoms with van der Waals surface area (Å²) < 4.78 is 11.6. The van der Waals surface area contributed by atoms with Crippen LogP contribution in [0.2, 0.25) is 0 Å². The number of hydrogen-bond acceptors (Lipinski definition) is 3. The summed E-state index contributed by atoms with van der Waals surface area (Å²) in [7, 11) is 3.32. The summed E-state index contributed by atoms with van der Waals surface area (Å²) in [5, 5.41) is 0. The lowest BCUT2D eigenvalue weighted by atomic mass is 10.0. The number of benzene rings is 1. The average molecular weight is 300 g/mol. The van der Waals surface area contributed by atoms with Gasteiger partial charge in [0.15, 0.2) is 0 Å². The summed E-state index contributed by atoms with van der Waals surface area (Å²) in [4.78, 5) is 0. The van der Waals surface area contributed by atoms with E-state index in [1.54, 1.807) is 14.2 Å². The number of hydrogen-bond donors (Lipinski definition) is 1. The first-order chi connectivity index (χ1) is 8.15. The number of rotatable bonds is 5. The molecular weight excluding hydrogens is 282 g/mol. The Balaban J connectivity index is 2.28. The van der Waals surface area contributed by atoms with Crippen LogP contribution in [-0.4, -0.2) is 14.2 Å². The number of ether oxygens (including phenoxy) is 2. The Morgan fingerprint density at radius 3 is 2.47 bits per heavy atom. The first kappa shape index (κ1) is 12.7. The van der Waals surface area contributed by atoms with Gasteiger partial charge in [0.1, 0.15) is 11.5 Å². The Morgan fingerprint density at radius 1 is 1.29 bits per heavy atom. The summed E-state index contributed by atoms with van der Waals surface area (Å²) in [5.74, 6) is 2.42. The minimum absolute atomic E-state index is 0.0273. The van der Waals surface area contributed by atoms with Crippen molar-refractivity contribution in [2.45, 2.75) is 25.3 Å². The Labute approximate surface area is 110 Å². The van der Waals surface area contributed by atoms with Crippen molar-refractivity contribution in [1.82, 2.24) is 0 Å². The molecule has 1 atom stereocenters. The summed E-state index contributed by atoms with van der Waals surface area (Å²) in [5.41, 5.74) is 7.26. The van der Waals surface area contributed by atoms with Crippen LogP contribution in [0.25, 0.3) is 0 Å². The minimum atomic E-state index is 0.0273. The fourth-order valence-electron chi connectivity index (χ4n) is 2.01. The first-order valence-corrected chi connectivity index (χ1v) is 6.62. The largest absolute Gasteiger partial charge is 0.496 e. The van der Waals surface area contributed by atoms with Crippen LogP contribution in [-0.2, 0) is 0 Å². The molecule has 1 aliphatic rings. The van der Waals surface area contributed by atoms with Gasteiger partial charge in [0.05, 0.1) is 18.7 Å². The SMILES string of the molecule is COc1cc(C(N)CC2CC2)c(OC)cc1Br. The zero-order valence-electron chi connectivity index (χ0n) is 10.2. The molecule has 0 saturated heterocycles. The Hall–Kier alpha value is -0.740. The zero-order chi connectivity index (χ0) is 12.4. The van der Waals surface area contributed by atoms with Crippen LogP contribution in [0.4, 0.5) is 0 Å². The summed E-state index contributed by atoms with van der Waals surface area (Å²) in [6, 6.07) is 3.91. The molecule has 1 fully saturated rings. The van der Waals surface area contributed by atoms with Gasteiger partial charge in [-0.1, -0.05) is 12.8 Å². The van der Waals surface area contributed by atoms with E-state index in [2.05, 4.69) is 15.9 Å². The first-order valence-electron chi connectivity index (χ1n) is 5.82. The molecule has 94 valence electrons. The van der Waals surface area contributed by atoms with Crippen LogP contribution in [0, 0.1) is 5.92 Å². The van der Waals surface area contributed by atoms with Gasteiger partial charge in [-0.3, -0.25) is 0 Å². The molecule has 0 amide bonds. The third kappa shape index (κ3) is 2.93. The predicted octanol–water partition coefficient (Wildman–Crippen LogP) is 3.27. The molecule has 2 N–H and O–H groups in total. The minimum Gasteiger partial charge on any atom is -0.496 e.